The number of sulfonamides is 1. The number of anilines is 1. The predicted octanol–water partition coefficient (Wildman–Crippen LogP) is 4.36. The Hall–Kier alpha value is -3.85. The van der Waals surface area contributed by atoms with Gasteiger partial charge in [0.2, 0.25) is 0 Å². The van der Waals surface area contributed by atoms with E-state index >= 15 is 0 Å². The number of nitrogens with zero attached hydrogens (tertiary/aromatic N) is 2. The highest BCUT2D eigenvalue weighted by molar-refractivity contribution is 7.92. The third-order valence-electron chi connectivity index (χ3n) is 5.49. The molecule has 1 atom stereocenters. The second-order valence-corrected chi connectivity index (χ2v) is 9.41. The zero-order valence-corrected chi connectivity index (χ0v) is 20.0. The topological polar surface area (TPSA) is 102 Å². The molecule has 1 aromatic heterocycles. The number of ether oxygens (including phenoxy) is 1. The van der Waals surface area contributed by atoms with E-state index in [9.17, 15) is 13.2 Å². The van der Waals surface area contributed by atoms with Gasteiger partial charge in [-0.3, -0.25) is 9.52 Å². The molecule has 176 valence electrons. The van der Waals surface area contributed by atoms with E-state index < -0.39 is 15.9 Å². The van der Waals surface area contributed by atoms with Gasteiger partial charge in [-0.1, -0.05) is 30.3 Å². The van der Waals surface area contributed by atoms with Gasteiger partial charge in [0.1, 0.15) is 11.6 Å². The van der Waals surface area contributed by atoms with Crippen LogP contribution in [0, 0.1) is 0 Å². The lowest BCUT2D eigenvalue weighted by molar-refractivity contribution is 0.0937. The number of nitrogens with one attached hydrogen (secondary N) is 2. The smallest absolute Gasteiger partial charge is 0.262 e. The lowest BCUT2D eigenvalue weighted by Crippen LogP contribution is -2.29. The molecular weight excluding hydrogens is 452 g/mol. The number of aromatic nitrogens is 2. The fourth-order valence-corrected chi connectivity index (χ4v) is 4.95. The number of rotatable bonds is 8. The molecule has 8 nitrogen and oxygen atoms in total. The fourth-order valence-electron chi connectivity index (χ4n) is 3.84. The molecular formula is C25H26N4O4S. The predicted molar refractivity (Wildman–Crippen MR) is 132 cm³/mol. The van der Waals surface area contributed by atoms with Gasteiger partial charge in [0.15, 0.2) is 0 Å². The minimum absolute atomic E-state index is 0.0282. The van der Waals surface area contributed by atoms with Gasteiger partial charge >= 0.3 is 0 Å². The standard InChI is InChI=1S/C25H26N4O4S/c1-4-29-22-14-7-5-12-20(22)27-24(29)17(2)26-25(30)18-10-9-11-19(16-18)34(31,32)28-21-13-6-8-15-23(21)33-3/h5-17,28H,4H2,1-3H3,(H,26,30). The average molecular weight is 479 g/mol. The van der Waals surface area contributed by atoms with Crippen LogP contribution >= 0.6 is 0 Å². The molecule has 0 aliphatic carbocycles. The molecule has 0 aliphatic rings. The first kappa shape index (κ1) is 23.3. The number of imidazole rings is 1. The first-order chi connectivity index (χ1) is 16.3. The summed E-state index contributed by atoms with van der Waals surface area (Å²) in [6.07, 6.45) is 0. The lowest BCUT2D eigenvalue weighted by Gasteiger charge is -2.16. The van der Waals surface area contributed by atoms with Crippen molar-refractivity contribution in [2.45, 2.75) is 31.3 Å². The van der Waals surface area contributed by atoms with Crippen molar-refractivity contribution in [1.29, 1.82) is 0 Å². The van der Waals surface area contributed by atoms with Crippen molar-refractivity contribution in [3.63, 3.8) is 0 Å². The molecule has 1 unspecified atom stereocenters. The van der Waals surface area contributed by atoms with Crippen LogP contribution in [0.4, 0.5) is 5.69 Å². The van der Waals surface area contributed by atoms with Crippen molar-refractivity contribution in [2.24, 2.45) is 0 Å². The van der Waals surface area contributed by atoms with Crippen LogP contribution in [-0.4, -0.2) is 31.0 Å². The van der Waals surface area contributed by atoms with Gasteiger partial charge in [0, 0.05) is 12.1 Å². The second kappa shape index (κ2) is 9.56. The molecule has 34 heavy (non-hydrogen) atoms. The number of methoxy groups -OCH3 is 1. The van der Waals surface area contributed by atoms with Crippen molar-refractivity contribution in [1.82, 2.24) is 14.9 Å². The molecule has 0 saturated heterocycles. The van der Waals surface area contributed by atoms with Gasteiger partial charge in [-0.15, -0.1) is 0 Å². The third-order valence-corrected chi connectivity index (χ3v) is 6.86. The Kier molecular flexibility index (Phi) is 6.56. The number of hydrogen-bond acceptors (Lipinski definition) is 5. The summed E-state index contributed by atoms with van der Waals surface area (Å²) in [6, 6.07) is 20.0. The minimum atomic E-state index is -3.94. The van der Waals surface area contributed by atoms with Crippen LogP contribution < -0.4 is 14.8 Å². The van der Waals surface area contributed by atoms with Crippen molar-refractivity contribution in [3.05, 3.63) is 84.2 Å². The zero-order valence-electron chi connectivity index (χ0n) is 19.1. The van der Waals surface area contributed by atoms with E-state index in [1.54, 1.807) is 30.3 Å². The van der Waals surface area contributed by atoms with Crippen LogP contribution in [0.5, 0.6) is 5.75 Å². The quantitative estimate of drug-likeness (QED) is 0.392. The van der Waals surface area contributed by atoms with Crippen LogP contribution in [-0.2, 0) is 16.6 Å². The molecule has 0 bridgehead atoms. The molecule has 0 spiro atoms. The summed E-state index contributed by atoms with van der Waals surface area (Å²) >= 11 is 0. The van der Waals surface area contributed by atoms with Crippen LogP contribution in [0.2, 0.25) is 0 Å². The van der Waals surface area contributed by atoms with E-state index in [1.165, 1.54) is 25.3 Å². The molecule has 9 heteroatoms. The van der Waals surface area contributed by atoms with Crippen LogP contribution in [0.1, 0.15) is 36.1 Å². The van der Waals surface area contributed by atoms with E-state index in [1.807, 2.05) is 38.1 Å². The Balaban J connectivity index is 1.56. The number of benzene rings is 3. The van der Waals surface area contributed by atoms with Crippen molar-refractivity contribution < 1.29 is 17.9 Å². The highest BCUT2D eigenvalue weighted by Gasteiger charge is 2.21. The molecule has 0 fully saturated rings. The fraction of sp³-hybridized carbons (Fsp3) is 0.200. The van der Waals surface area contributed by atoms with Gasteiger partial charge in [-0.25, -0.2) is 13.4 Å². The van der Waals surface area contributed by atoms with E-state index in [0.717, 1.165) is 16.9 Å². The number of amides is 1. The van der Waals surface area contributed by atoms with Crippen LogP contribution in [0.3, 0.4) is 0 Å². The average Bonchev–Trinajstić information content (AvgIpc) is 3.23. The molecule has 0 saturated carbocycles. The molecule has 0 aliphatic heterocycles. The lowest BCUT2D eigenvalue weighted by atomic mass is 10.2. The van der Waals surface area contributed by atoms with Crippen molar-refractivity contribution in [2.75, 3.05) is 11.8 Å². The van der Waals surface area contributed by atoms with E-state index in [2.05, 4.69) is 19.6 Å². The molecule has 4 rings (SSSR count). The zero-order chi connectivity index (χ0) is 24.3. The maximum atomic E-state index is 13.0. The van der Waals surface area contributed by atoms with Gasteiger partial charge in [-0.05, 0) is 56.3 Å². The summed E-state index contributed by atoms with van der Waals surface area (Å²) in [5.74, 6) is 0.739. The molecule has 1 heterocycles. The van der Waals surface area contributed by atoms with Gasteiger partial charge in [0.05, 0.1) is 34.8 Å². The summed E-state index contributed by atoms with van der Waals surface area (Å²) in [4.78, 5) is 17.7. The summed E-state index contributed by atoms with van der Waals surface area (Å²) in [5, 5.41) is 2.94. The Morgan fingerprint density at radius 3 is 2.56 bits per heavy atom. The first-order valence-corrected chi connectivity index (χ1v) is 12.3. The van der Waals surface area contributed by atoms with E-state index in [-0.39, 0.29) is 16.5 Å². The maximum absolute atomic E-state index is 13.0. The SMILES string of the molecule is CCn1c(C(C)NC(=O)c2cccc(S(=O)(=O)Nc3ccccc3OC)c2)nc2ccccc21. The molecule has 0 radical (unpaired) electrons. The van der Waals surface area contributed by atoms with Crippen molar-refractivity contribution in [3.8, 4) is 5.75 Å². The summed E-state index contributed by atoms with van der Waals surface area (Å²) in [6.45, 7) is 4.59. The highest BCUT2D eigenvalue weighted by atomic mass is 32.2. The summed E-state index contributed by atoms with van der Waals surface area (Å²) in [5.41, 5.74) is 2.40. The molecule has 4 aromatic rings. The normalized spacial score (nSPS) is 12.3. The molecule has 3 aromatic carbocycles. The number of carbonyl (C=O) groups is 1. The Morgan fingerprint density at radius 1 is 1.06 bits per heavy atom. The number of aryl methyl sites for hydroxylation is 1. The number of carbonyl (C=O) groups excluding carboxylic acids is 1. The van der Waals surface area contributed by atoms with Gasteiger partial charge < -0.3 is 14.6 Å². The summed E-state index contributed by atoms with van der Waals surface area (Å²) in [7, 11) is -2.47. The Morgan fingerprint density at radius 2 is 1.79 bits per heavy atom. The first-order valence-electron chi connectivity index (χ1n) is 10.9. The number of fused-ring (bicyclic) bond motifs is 1. The maximum Gasteiger partial charge on any atom is 0.262 e. The summed E-state index contributed by atoms with van der Waals surface area (Å²) < 4.78 is 35.7. The van der Waals surface area contributed by atoms with Crippen LogP contribution in [0.15, 0.2) is 77.7 Å². The number of para-hydroxylation sites is 4. The monoisotopic (exact) mass is 478 g/mol. The second-order valence-electron chi connectivity index (χ2n) is 7.73. The Labute approximate surface area is 198 Å². The third kappa shape index (κ3) is 4.60. The molecule has 1 amide bonds. The molecule has 2 N–H and O–H groups in total. The Bertz CT molecular complexity index is 1450. The number of hydrogen-bond donors (Lipinski definition) is 2. The van der Waals surface area contributed by atoms with Gasteiger partial charge in [-0.2, -0.15) is 0 Å². The highest BCUT2D eigenvalue weighted by Crippen LogP contribution is 2.26. The van der Waals surface area contributed by atoms with Crippen molar-refractivity contribution >= 4 is 32.7 Å². The largest absolute Gasteiger partial charge is 0.495 e. The minimum Gasteiger partial charge on any atom is -0.495 e. The van der Waals surface area contributed by atoms with E-state index in [0.29, 0.717) is 18.0 Å². The van der Waals surface area contributed by atoms with Crippen LogP contribution in [0.25, 0.3) is 11.0 Å². The van der Waals surface area contributed by atoms with E-state index in [4.69, 9.17) is 4.74 Å². The van der Waals surface area contributed by atoms with Gasteiger partial charge in [0.25, 0.3) is 15.9 Å².